The number of amides is 2. The van der Waals surface area contributed by atoms with Crippen molar-refractivity contribution in [3.8, 4) is 0 Å². The van der Waals surface area contributed by atoms with E-state index in [1.165, 1.54) is 38.0 Å². The molecule has 0 radical (unpaired) electrons. The molecule has 0 spiro atoms. The fourth-order valence-electron chi connectivity index (χ4n) is 2.10. The van der Waals surface area contributed by atoms with Crippen LogP contribution < -0.4 is 20.4 Å². The summed E-state index contributed by atoms with van der Waals surface area (Å²) in [5, 5.41) is 4.59. The zero-order chi connectivity index (χ0) is 23.3. The van der Waals surface area contributed by atoms with E-state index in [1.807, 2.05) is 0 Å². The van der Waals surface area contributed by atoms with Gasteiger partial charge in [-0.25, -0.2) is 9.97 Å². The fourth-order valence-corrected chi connectivity index (χ4v) is 2.82. The minimum atomic E-state index is -4.27. The van der Waals surface area contributed by atoms with Gasteiger partial charge in [-0.3, -0.25) is 18.7 Å². The number of anilines is 2. The van der Waals surface area contributed by atoms with Gasteiger partial charge >= 0.3 is 0 Å². The summed E-state index contributed by atoms with van der Waals surface area (Å²) in [6, 6.07) is 0. The Kier molecular flexibility index (Phi) is 8.46. The summed E-state index contributed by atoms with van der Waals surface area (Å²) in [4.78, 5) is 36.0. The van der Waals surface area contributed by atoms with Gasteiger partial charge in [0.1, 0.15) is 0 Å². The average molecular weight is 469 g/mol. The number of nitrogens with zero attached hydrogens (tertiary/aromatic N) is 4. The largest absolute Gasteiger partial charge is 0.361 e. The first-order chi connectivity index (χ1) is 13.6. The first-order valence-electron chi connectivity index (χ1n) is 8.36. The van der Waals surface area contributed by atoms with Crippen molar-refractivity contribution in [2.75, 3.05) is 62.6 Å². The van der Waals surface area contributed by atoms with Crippen LogP contribution in [0, 0.1) is 0 Å². The molecule has 0 saturated carbocycles. The molecule has 0 aliphatic rings. The van der Waals surface area contributed by atoms with E-state index >= 15 is 0 Å². The number of nitrogens with one attached hydrogen (secondary N) is 2. The smallest absolute Gasteiger partial charge is 0.273 e. The number of aromatic nitrogens is 2. The third kappa shape index (κ3) is 8.05. The molecule has 0 atom stereocenters. The number of carbonyl (C=O) groups excluding carboxylic acids is 2. The van der Waals surface area contributed by atoms with Gasteiger partial charge in [-0.1, -0.05) is 0 Å². The minimum Gasteiger partial charge on any atom is -0.361 e. The van der Waals surface area contributed by atoms with E-state index in [0.717, 1.165) is 0 Å². The first-order valence-corrected chi connectivity index (χ1v) is 11.6. The zero-order valence-corrected chi connectivity index (χ0v) is 18.4. The molecule has 1 heterocycles. The summed E-state index contributed by atoms with van der Waals surface area (Å²) >= 11 is 0. The number of hydrogen-bond acceptors (Lipinski definition) is 10. The molecule has 170 valence electrons. The lowest BCUT2D eigenvalue weighted by Crippen LogP contribution is -2.35. The van der Waals surface area contributed by atoms with Crippen molar-refractivity contribution >= 4 is 43.7 Å². The molecule has 0 unspecified atom stereocenters. The Labute approximate surface area is 174 Å². The van der Waals surface area contributed by atoms with E-state index < -0.39 is 43.6 Å². The fraction of sp³-hybridized carbons (Fsp3) is 0.571. The van der Waals surface area contributed by atoms with E-state index in [-0.39, 0.29) is 36.1 Å². The number of rotatable bonds is 10. The second-order valence-electron chi connectivity index (χ2n) is 6.44. The molecule has 0 aliphatic carbocycles. The van der Waals surface area contributed by atoms with Crippen LogP contribution >= 0.6 is 0 Å². The second kappa shape index (κ2) is 9.96. The third-order valence-corrected chi connectivity index (χ3v) is 4.87. The van der Waals surface area contributed by atoms with Crippen molar-refractivity contribution < 1.29 is 35.5 Å². The SMILES string of the molecule is CN(C)c1nc(C(=O)NCCS(=O)(=O)O)c(N(C)C)nc1C(=O)NCCS(=O)(=O)O. The molecular formula is C14H24N6O8S2. The van der Waals surface area contributed by atoms with Crippen LogP contribution in [0.25, 0.3) is 0 Å². The number of carbonyl (C=O) groups is 2. The van der Waals surface area contributed by atoms with Crippen LogP contribution in [0.3, 0.4) is 0 Å². The third-order valence-electron chi connectivity index (χ3n) is 3.43. The van der Waals surface area contributed by atoms with Gasteiger partial charge in [-0.15, -0.1) is 0 Å². The maximum atomic E-state index is 12.5. The Morgan fingerprint density at radius 2 is 1.07 bits per heavy atom. The van der Waals surface area contributed by atoms with E-state index in [1.54, 1.807) is 0 Å². The quantitative estimate of drug-likeness (QED) is 0.272. The lowest BCUT2D eigenvalue weighted by molar-refractivity contribution is 0.0937. The van der Waals surface area contributed by atoms with Gasteiger partial charge in [-0.05, 0) is 0 Å². The van der Waals surface area contributed by atoms with E-state index in [2.05, 4.69) is 20.6 Å². The molecule has 14 nitrogen and oxygen atoms in total. The predicted molar refractivity (Wildman–Crippen MR) is 108 cm³/mol. The van der Waals surface area contributed by atoms with E-state index in [9.17, 15) is 26.4 Å². The summed E-state index contributed by atoms with van der Waals surface area (Å²) in [5.74, 6) is -2.97. The summed E-state index contributed by atoms with van der Waals surface area (Å²) < 4.78 is 60.7. The van der Waals surface area contributed by atoms with Gasteiger partial charge in [0, 0.05) is 41.3 Å². The Balaban J connectivity index is 3.25. The average Bonchev–Trinajstić information content (AvgIpc) is 2.57. The van der Waals surface area contributed by atoms with Crippen molar-refractivity contribution in [3.63, 3.8) is 0 Å². The lowest BCUT2D eigenvalue weighted by atomic mass is 10.3. The lowest BCUT2D eigenvalue weighted by Gasteiger charge is -2.21. The molecule has 0 fully saturated rings. The summed E-state index contributed by atoms with van der Waals surface area (Å²) in [7, 11) is -2.40. The standard InChI is InChI=1S/C14H24N6O8S2/c1-19(2)11-9(13(21)15-5-7-29(23,24)25)18-12(20(3)4)10(17-11)14(22)16-6-8-30(26,27)28/h5-8H2,1-4H3,(H,15,21)(H,16,22)(H,23,24,25)(H,26,27,28). The molecule has 16 heteroatoms. The molecule has 0 saturated heterocycles. The van der Waals surface area contributed by atoms with Crippen LogP contribution in [0.1, 0.15) is 21.0 Å². The zero-order valence-electron chi connectivity index (χ0n) is 16.8. The molecule has 2 amide bonds. The summed E-state index contributed by atoms with van der Waals surface area (Å²) in [6.45, 7) is -0.747. The Hall–Kier alpha value is -2.56. The maximum Gasteiger partial charge on any atom is 0.273 e. The van der Waals surface area contributed by atoms with E-state index in [0.29, 0.717) is 0 Å². The molecule has 4 N–H and O–H groups in total. The van der Waals surface area contributed by atoms with Crippen molar-refractivity contribution in [2.24, 2.45) is 0 Å². The van der Waals surface area contributed by atoms with Crippen molar-refractivity contribution in [1.29, 1.82) is 0 Å². The monoisotopic (exact) mass is 468 g/mol. The van der Waals surface area contributed by atoms with E-state index in [4.69, 9.17) is 9.11 Å². The molecule has 0 aliphatic heterocycles. The highest BCUT2D eigenvalue weighted by Crippen LogP contribution is 2.22. The van der Waals surface area contributed by atoms with Crippen LogP contribution in [0.4, 0.5) is 11.6 Å². The Bertz CT molecular complexity index is 926. The molecule has 1 aromatic rings. The van der Waals surface area contributed by atoms with Crippen LogP contribution in [-0.2, 0) is 20.2 Å². The highest BCUT2D eigenvalue weighted by Gasteiger charge is 2.25. The van der Waals surface area contributed by atoms with Crippen molar-refractivity contribution in [1.82, 2.24) is 20.6 Å². The normalized spacial score (nSPS) is 11.7. The van der Waals surface area contributed by atoms with Gasteiger partial charge in [0.15, 0.2) is 23.0 Å². The topological polar surface area (TPSA) is 199 Å². The molecular weight excluding hydrogens is 444 g/mol. The molecule has 30 heavy (non-hydrogen) atoms. The molecule has 1 aromatic heterocycles. The minimum absolute atomic E-state index is 0.00937. The van der Waals surface area contributed by atoms with Gasteiger partial charge in [0.2, 0.25) is 0 Å². The van der Waals surface area contributed by atoms with Gasteiger partial charge in [-0.2, -0.15) is 16.8 Å². The van der Waals surface area contributed by atoms with Crippen molar-refractivity contribution in [3.05, 3.63) is 11.4 Å². The number of hydrogen-bond donors (Lipinski definition) is 4. The highest BCUT2D eigenvalue weighted by atomic mass is 32.2. The van der Waals surface area contributed by atoms with Crippen LogP contribution in [0.15, 0.2) is 0 Å². The Morgan fingerprint density at radius 1 is 0.767 bits per heavy atom. The first kappa shape index (κ1) is 25.5. The van der Waals surface area contributed by atoms with Crippen molar-refractivity contribution in [2.45, 2.75) is 0 Å². The molecule has 0 bridgehead atoms. The maximum absolute atomic E-state index is 12.5. The summed E-state index contributed by atoms with van der Waals surface area (Å²) in [6.07, 6.45) is 0. The second-order valence-corrected chi connectivity index (χ2v) is 9.58. The predicted octanol–water partition coefficient (Wildman–Crippen LogP) is -2.16. The van der Waals surface area contributed by atoms with Crippen LogP contribution in [0.5, 0.6) is 0 Å². The Morgan fingerprint density at radius 3 is 1.30 bits per heavy atom. The van der Waals surface area contributed by atoms with Gasteiger partial charge in [0.25, 0.3) is 32.1 Å². The van der Waals surface area contributed by atoms with Crippen LogP contribution in [-0.4, -0.2) is 101 Å². The highest BCUT2D eigenvalue weighted by molar-refractivity contribution is 7.86. The van der Waals surface area contributed by atoms with Gasteiger partial charge < -0.3 is 20.4 Å². The van der Waals surface area contributed by atoms with Gasteiger partial charge in [0.05, 0.1) is 11.5 Å². The molecule has 1 rings (SSSR count). The molecule has 0 aromatic carbocycles. The van der Waals surface area contributed by atoms with Crippen LogP contribution in [0.2, 0.25) is 0 Å². The summed E-state index contributed by atoms with van der Waals surface area (Å²) in [5.41, 5.74) is -0.401.